The van der Waals surface area contributed by atoms with Gasteiger partial charge in [-0.05, 0) is 53.4 Å². The third kappa shape index (κ3) is 15.0. The lowest BCUT2D eigenvalue weighted by Crippen LogP contribution is -2.19. The molecule has 0 aliphatic carbocycles. The maximum atomic E-state index is 11.0. The molecule has 0 aliphatic heterocycles. The van der Waals surface area contributed by atoms with Gasteiger partial charge in [-0.2, -0.15) is 0 Å². The fraction of sp³-hybridized carbons (Fsp3) is 0.600. The Bertz CT molecular complexity index is 568. The first-order chi connectivity index (χ1) is 10.9. The van der Waals surface area contributed by atoms with E-state index >= 15 is 0 Å². The van der Waals surface area contributed by atoms with Gasteiger partial charge in [0.25, 0.3) is 7.82 Å². The molecule has 0 saturated carbocycles. The van der Waals surface area contributed by atoms with Crippen molar-refractivity contribution < 1.29 is 32.6 Å². The molecule has 0 spiro atoms. The van der Waals surface area contributed by atoms with Crippen LogP contribution >= 0.6 is 15.6 Å². The Morgan fingerprint density at radius 1 is 0.875 bits per heavy atom. The lowest BCUT2D eigenvalue weighted by atomic mass is 10.1. The van der Waals surface area contributed by atoms with Crippen molar-refractivity contribution >= 4 is 15.6 Å². The van der Waals surface area contributed by atoms with Gasteiger partial charge in [0.2, 0.25) is 0 Å². The Labute approximate surface area is 143 Å². The van der Waals surface area contributed by atoms with Gasteiger partial charge in [0.05, 0.1) is 14.4 Å². The minimum absolute atomic E-state index is 0.379. The summed E-state index contributed by atoms with van der Waals surface area (Å²) in [6.45, 7) is 7.62. The topological polar surface area (TPSA) is 122 Å². The molecule has 140 valence electrons. The molecule has 0 saturated heterocycles. The average molecular weight is 379 g/mol. The van der Waals surface area contributed by atoms with Gasteiger partial charge in [-0.3, -0.25) is 8.88 Å². The van der Waals surface area contributed by atoms with E-state index in [0.717, 1.165) is 31.3 Å². The summed E-state index contributed by atoms with van der Waals surface area (Å²) >= 11 is 0. The molecule has 1 atom stereocenters. The fourth-order valence-corrected chi connectivity index (χ4v) is 3.18. The second-order valence-electron chi connectivity index (χ2n) is 5.73. The highest BCUT2D eigenvalue weighted by atomic mass is 31.3. The van der Waals surface area contributed by atoms with E-state index in [9.17, 15) is 23.8 Å². The SMILES string of the molecule is CC(C)=CCC/C(C)=C\CC/C(C)=C\COP(=O)([O-])OP(=O)([O-])[O-]. The van der Waals surface area contributed by atoms with Crippen molar-refractivity contribution in [3.63, 3.8) is 0 Å². The van der Waals surface area contributed by atoms with Crippen LogP contribution in [0.4, 0.5) is 0 Å². The monoisotopic (exact) mass is 379 g/mol. The number of rotatable bonds is 11. The largest absolute Gasteiger partial charge is 0.790 e. The number of hydrogen-bond acceptors (Lipinski definition) is 7. The second kappa shape index (κ2) is 11.2. The summed E-state index contributed by atoms with van der Waals surface area (Å²) in [6.07, 6.45) is 9.35. The van der Waals surface area contributed by atoms with E-state index in [-0.39, 0.29) is 6.61 Å². The van der Waals surface area contributed by atoms with E-state index in [0.29, 0.717) is 0 Å². The summed E-state index contributed by atoms with van der Waals surface area (Å²) in [4.78, 5) is 31.5. The van der Waals surface area contributed by atoms with Crippen molar-refractivity contribution in [3.05, 3.63) is 34.9 Å². The lowest BCUT2D eigenvalue weighted by molar-refractivity contribution is -0.339. The molecule has 0 bridgehead atoms. The number of phosphoric ester groups is 1. The summed E-state index contributed by atoms with van der Waals surface area (Å²) in [5, 5.41) is 0. The molecule has 0 heterocycles. The van der Waals surface area contributed by atoms with E-state index in [1.807, 2.05) is 0 Å². The number of phosphoric acid groups is 2. The van der Waals surface area contributed by atoms with Gasteiger partial charge in [0.1, 0.15) is 0 Å². The highest BCUT2D eigenvalue weighted by Crippen LogP contribution is 2.50. The molecule has 9 heteroatoms. The van der Waals surface area contributed by atoms with Gasteiger partial charge in [-0.15, -0.1) is 0 Å². The molecule has 7 nitrogen and oxygen atoms in total. The molecule has 0 amide bonds. The predicted molar refractivity (Wildman–Crippen MR) is 87.7 cm³/mol. The van der Waals surface area contributed by atoms with Crippen molar-refractivity contribution in [2.24, 2.45) is 0 Å². The molecule has 0 fully saturated rings. The third-order valence-electron chi connectivity index (χ3n) is 2.99. The molecule has 0 rings (SSSR count). The summed E-state index contributed by atoms with van der Waals surface area (Å²) in [7, 11) is -10.8. The van der Waals surface area contributed by atoms with Gasteiger partial charge < -0.3 is 23.8 Å². The number of allylic oxidation sites excluding steroid dienone is 5. The summed E-state index contributed by atoms with van der Waals surface area (Å²) in [5.74, 6) is 0. The van der Waals surface area contributed by atoms with Crippen LogP contribution in [0.15, 0.2) is 34.9 Å². The lowest BCUT2D eigenvalue weighted by Gasteiger charge is -2.34. The Balaban J connectivity index is 4.18. The normalized spacial score (nSPS) is 16.0. The first-order valence-corrected chi connectivity index (χ1v) is 10.5. The summed E-state index contributed by atoms with van der Waals surface area (Å²) < 4.78 is 28.9. The van der Waals surface area contributed by atoms with Gasteiger partial charge in [-0.25, -0.2) is 0 Å². The van der Waals surface area contributed by atoms with Crippen LogP contribution in [0.1, 0.15) is 53.4 Å². The van der Waals surface area contributed by atoms with Crippen LogP contribution in [0.3, 0.4) is 0 Å². The van der Waals surface area contributed by atoms with E-state index < -0.39 is 15.6 Å². The van der Waals surface area contributed by atoms with Gasteiger partial charge in [-0.1, -0.05) is 34.9 Å². The van der Waals surface area contributed by atoms with Crippen LogP contribution in [0.2, 0.25) is 0 Å². The van der Waals surface area contributed by atoms with Gasteiger partial charge >= 0.3 is 0 Å². The zero-order chi connectivity index (χ0) is 18.8. The maximum Gasteiger partial charge on any atom is 0.272 e. The minimum Gasteiger partial charge on any atom is -0.790 e. The average Bonchev–Trinajstić information content (AvgIpc) is 2.34. The van der Waals surface area contributed by atoms with Crippen LogP contribution in [-0.4, -0.2) is 6.61 Å². The first-order valence-electron chi connectivity index (χ1n) is 7.55. The minimum atomic E-state index is -5.63. The maximum absolute atomic E-state index is 11.0. The van der Waals surface area contributed by atoms with E-state index in [1.165, 1.54) is 17.2 Å². The molecular weight excluding hydrogens is 354 g/mol. The summed E-state index contributed by atoms with van der Waals surface area (Å²) in [6, 6.07) is 0. The highest BCUT2D eigenvalue weighted by Gasteiger charge is 2.10. The smallest absolute Gasteiger partial charge is 0.272 e. The molecule has 0 N–H and O–H groups in total. The number of hydrogen-bond donors (Lipinski definition) is 0. The molecule has 0 aromatic heterocycles. The molecule has 0 aromatic carbocycles. The van der Waals surface area contributed by atoms with Crippen molar-refractivity contribution in [1.82, 2.24) is 0 Å². The van der Waals surface area contributed by atoms with Crippen molar-refractivity contribution in [2.75, 3.05) is 6.61 Å². The second-order valence-corrected chi connectivity index (χ2v) is 8.43. The predicted octanol–water partition coefficient (Wildman–Crippen LogP) is 2.74. The van der Waals surface area contributed by atoms with Crippen LogP contribution < -0.4 is 14.7 Å². The van der Waals surface area contributed by atoms with Crippen LogP contribution in [0.5, 0.6) is 0 Å². The molecule has 1 unspecified atom stereocenters. The Hall–Kier alpha value is -0.520. The molecule has 0 aliphatic rings. The zero-order valence-corrected chi connectivity index (χ0v) is 16.3. The Morgan fingerprint density at radius 3 is 1.88 bits per heavy atom. The van der Waals surface area contributed by atoms with Crippen LogP contribution in [0.25, 0.3) is 0 Å². The summed E-state index contributed by atoms with van der Waals surface area (Å²) in [5.41, 5.74) is 3.47. The van der Waals surface area contributed by atoms with E-state index in [4.69, 9.17) is 0 Å². The highest BCUT2D eigenvalue weighted by molar-refractivity contribution is 7.58. The fourth-order valence-electron chi connectivity index (χ4n) is 1.76. The van der Waals surface area contributed by atoms with Crippen molar-refractivity contribution in [3.8, 4) is 0 Å². The Morgan fingerprint density at radius 2 is 1.38 bits per heavy atom. The molecule has 24 heavy (non-hydrogen) atoms. The third-order valence-corrected chi connectivity index (χ3v) is 5.05. The van der Waals surface area contributed by atoms with Crippen molar-refractivity contribution in [2.45, 2.75) is 53.4 Å². The van der Waals surface area contributed by atoms with E-state index in [2.05, 4.69) is 41.8 Å². The first kappa shape index (κ1) is 23.5. The quantitative estimate of drug-likeness (QED) is 0.399. The molecule has 0 aromatic rings. The molecular formula is C15H25O7P2-3. The zero-order valence-electron chi connectivity index (χ0n) is 14.5. The Kier molecular flexibility index (Phi) is 10.9. The van der Waals surface area contributed by atoms with Crippen LogP contribution in [-0.2, 0) is 18.0 Å². The molecule has 0 radical (unpaired) electrons. The van der Waals surface area contributed by atoms with Crippen LogP contribution in [0, 0.1) is 0 Å². The van der Waals surface area contributed by atoms with Crippen molar-refractivity contribution in [1.29, 1.82) is 0 Å². The van der Waals surface area contributed by atoms with Gasteiger partial charge in [0.15, 0.2) is 0 Å². The van der Waals surface area contributed by atoms with E-state index in [1.54, 1.807) is 6.92 Å². The van der Waals surface area contributed by atoms with Gasteiger partial charge in [0, 0.05) is 0 Å². The standard InChI is InChI=1S/C15H28O7P2/c1-13(2)7-5-8-14(3)9-6-10-15(4)11-12-21-24(19,20)22-23(16,17)18/h7,9,11H,5-6,8,10,12H2,1-4H3,(H,19,20)(H2,16,17,18)/p-3/b14-9-,15-11-.